The zero-order valence-corrected chi connectivity index (χ0v) is 9.61. The van der Waals surface area contributed by atoms with Crippen molar-refractivity contribution in [2.75, 3.05) is 5.73 Å². The topological polar surface area (TPSA) is 74.0 Å². The van der Waals surface area contributed by atoms with Gasteiger partial charge in [0.15, 0.2) is 5.58 Å². The summed E-state index contributed by atoms with van der Waals surface area (Å²) in [6.07, 6.45) is 1.71. The highest BCUT2D eigenvalue weighted by atomic mass is 32.1. The number of nitrogens with zero attached hydrogens (tertiary/aromatic N) is 2. The number of fused-ring (bicyclic) bond motifs is 1. The highest BCUT2D eigenvalue weighted by Gasteiger charge is 2.10. The SMILES string of the molecule is Nc1ccc2oc(=O)n(Cc3nccs3)c2c1. The zero-order chi connectivity index (χ0) is 11.8. The van der Waals surface area contributed by atoms with Gasteiger partial charge >= 0.3 is 5.76 Å². The van der Waals surface area contributed by atoms with E-state index < -0.39 is 0 Å². The maximum Gasteiger partial charge on any atom is 0.420 e. The van der Waals surface area contributed by atoms with E-state index >= 15 is 0 Å². The predicted octanol–water partition coefficient (Wildman–Crippen LogP) is 1.68. The molecular weight excluding hydrogens is 238 g/mol. The highest BCUT2D eigenvalue weighted by Crippen LogP contribution is 2.17. The Bertz CT molecular complexity index is 712. The molecule has 2 heterocycles. The summed E-state index contributed by atoms with van der Waals surface area (Å²) in [4.78, 5) is 15.9. The second-order valence-corrected chi connectivity index (χ2v) is 4.59. The molecule has 0 spiro atoms. The molecule has 3 rings (SSSR count). The minimum atomic E-state index is -0.388. The van der Waals surface area contributed by atoms with Gasteiger partial charge in [-0.3, -0.25) is 4.57 Å². The maximum absolute atomic E-state index is 11.7. The average Bonchev–Trinajstić information content (AvgIpc) is 2.90. The second-order valence-electron chi connectivity index (χ2n) is 3.61. The largest absolute Gasteiger partial charge is 0.420 e. The van der Waals surface area contributed by atoms with Crippen LogP contribution in [0.25, 0.3) is 11.1 Å². The van der Waals surface area contributed by atoms with Crippen LogP contribution in [0.3, 0.4) is 0 Å². The number of aromatic nitrogens is 2. The molecule has 6 heteroatoms. The van der Waals surface area contributed by atoms with Gasteiger partial charge in [0.1, 0.15) is 5.01 Å². The Hall–Kier alpha value is -2.08. The van der Waals surface area contributed by atoms with Gasteiger partial charge in [-0.05, 0) is 18.2 Å². The Kier molecular flexibility index (Phi) is 2.22. The van der Waals surface area contributed by atoms with Gasteiger partial charge in [0, 0.05) is 17.3 Å². The lowest BCUT2D eigenvalue weighted by molar-refractivity contribution is 0.517. The van der Waals surface area contributed by atoms with Crippen molar-refractivity contribution in [3.8, 4) is 0 Å². The van der Waals surface area contributed by atoms with E-state index in [0.29, 0.717) is 23.3 Å². The van der Waals surface area contributed by atoms with Crippen molar-refractivity contribution in [3.63, 3.8) is 0 Å². The third-order valence-corrected chi connectivity index (χ3v) is 3.23. The normalized spacial score (nSPS) is 11.1. The molecule has 0 amide bonds. The van der Waals surface area contributed by atoms with Gasteiger partial charge in [0.25, 0.3) is 0 Å². The van der Waals surface area contributed by atoms with Crippen molar-refractivity contribution in [1.29, 1.82) is 0 Å². The van der Waals surface area contributed by atoms with E-state index in [9.17, 15) is 4.79 Å². The van der Waals surface area contributed by atoms with Gasteiger partial charge in [-0.1, -0.05) is 0 Å². The quantitative estimate of drug-likeness (QED) is 0.699. The van der Waals surface area contributed by atoms with Gasteiger partial charge in [0.05, 0.1) is 12.1 Å². The molecule has 2 aromatic heterocycles. The molecule has 2 N–H and O–H groups in total. The Labute approximate surface area is 100 Å². The minimum Gasteiger partial charge on any atom is -0.408 e. The second kappa shape index (κ2) is 3.74. The Morgan fingerprint density at radius 1 is 1.47 bits per heavy atom. The van der Waals surface area contributed by atoms with Gasteiger partial charge in [0.2, 0.25) is 0 Å². The first-order chi connectivity index (χ1) is 8.24. The number of rotatable bonds is 2. The summed E-state index contributed by atoms with van der Waals surface area (Å²) < 4.78 is 6.66. The van der Waals surface area contributed by atoms with Crippen LogP contribution in [0.15, 0.2) is 39.0 Å². The molecule has 0 aliphatic carbocycles. The van der Waals surface area contributed by atoms with Crippen LogP contribution in [0.5, 0.6) is 0 Å². The Morgan fingerprint density at radius 2 is 2.35 bits per heavy atom. The van der Waals surface area contributed by atoms with E-state index in [1.54, 1.807) is 24.4 Å². The highest BCUT2D eigenvalue weighted by molar-refractivity contribution is 7.09. The first kappa shape index (κ1) is 10.1. The standard InChI is InChI=1S/C11H9N3O2S/c12-7-1-2-9-8(5-7)14(11(15)16-9)6-10-13-3-4-17-10/h1-5H,6,12H2. The fraction of sp³-hybridized carbons (Fsp3) is 0.0909. The summed E-state index contributed by atoms with van der Waals surface area (Å²) in [6.45, 7) is 0.410. The predicted molar refractivity (Wildman–Crippen MR) is 66.1 cm³/mol. The fourth-order valence-corrected chi connectivity index (χ4v) is 2.30. The van der Waals surface area contributed by atoms with Crippen LogP contribution in [0.1, 0.15) is 5.01 Å². The summed E-state index contributed by atoms with van der Waals surface area (Å²) in [5, 5.41) is 2.73. The molecule has 0 saturated carbocycles. The molecule has 86 valence electrons. The summed E-state index contributed by atoms with van der Waals surface area (Å²) in [7, 11) is 0. The third kappa shape index (κ3) is 1.72. The summed E-state index contributed by atoms with van der Waals surface area (Å²) >= 11 is 1.50. The number of nitrogen functional groups attached to an aromatic ring is 1. The lowest BCUT2D eigenvalue weighted by Gasteiger charge is -1.99. The van der Waals surface area contributed by atoms with E-state index in [1.165, 1.54) is 15.9 Å². The van der Waals surface area contributed by atoms with E-state index in [2.05, 4.69) is 4.98 Å². The van der Waals surface area contributed by atoms with Crippen LogP contribution in [0, 0.1) is 0 Å². The first-order valence-electron chi connectivity index (χ1n) is 5.01. The van der Waals surface area contributed by atoms with E-state index in [0.717, 1.165) is 5.01 Å². The average molecular weight is 247 g/mol. The Balaban J connectivity index is 2.17. The molecular formula is C11H9N3O2S. The number of benzene rings is 1. The molecule has 0 fully saturated rings. The first-order valence-corrected chi connectivity index (χ1v) is 5.89. The van der Waals surface area contributed by atoms with Crippen molar-refractivity contribution >= 4 is 28.1 Å². The number of thiazole rings is 1. The molecule has 17 heavy (non-hydrogen) atoms. The van der Waals surface area contributed by atoms with Gasteiger partial charge in [-0.2, -0.15) is 0 Å². The van der Waals surface area contributed by atoms with Crippen LogP contribution in [0.4, 0.5) is 5.69 Å². The monoisotopic (exact) mass is 247 g/mol. The molecule has 0 bridgehead atoms. The van der Waals surface area contributed by atoms with Crippen molar-refractivity contribution in [2.24, 2.45) is 0 Å². The van der Waals surface area contributed by atoms with Gasteiger partial charge in [-0.15, -0.1) is 11.3 Å². The van der Waals surface area contributed by atoms with Crippen molar-refractivity contribution in [1.82, 2.24) is 9.55 Å². The van der Waals surface area contributed by atoms with Crippen LogP contribution in [-0.2, 0) is 6.54 Å². The number of hydrogen-bond acceptors (Lipinski definition) is 5. The van der Waals surface area contributed by atoms with Crippen molar-refractivity contribution in [2.45, 2.75) is 6.54 Å². The molecule has 0 atom stereocenters. The van der Waals surface area contributed by atoms with Crippen LogP contribution in [0.2, 0.25) is 0 Å². The molecule has 1 aromatic carbocycles. The number of nitrogens with two attached hydrogens (primary N) is 1. The molecule has 0 unspecified atom stereocenters. The number of oxazole rings is 1. The van der Waals surface area contributed by atoms with Gasteiger partial charge in [-0.25, -0.2) is 9.78 Å². The zero-order valence-electron chi connectivity index (χ0n) is 8.79. The van der Waals surface area contributed by atoms with Crippen molar-refractivity contribution < 1.29 is 4.42 Å². The van der Waals surface area contributed by atoms with E-state index in [-0.39, 0.29) is 5.76 Å². The van der Waals surface area contributed by atoms with Crippen LogP contribution < -0.4 is 11.5 Å². The fourth-order valence-electron chi connectivity index (χ4n) is 1.70. The van der Waals surface area contributed by atoms with E-state index in [4.69, 9.17) is 10.2 Å². The van der Waals surface area contributed by atoms with Gasteiger partial charge < -0.3 is 10.2 Å². The molecule has 0 saturated heterocycles. The molecule has 5 nitrogen and oxygen atoms in total. The van der Waals surface area contributed by atoms with Crippen molar-refractivity contribution in [3.05, 3.63) is 45.3 Å². The molecule has 3 aromatic rings. The maximum atomic E-state index is 11.7. The molecule has 0 radical (unpaired) electrons. The Morgan fingerprint density at radius 3 is 3.12 bits per heavy atom. The smallest absolute Gasteiger partial charge is 0.408 e. The number of hydrogen-bond donors (Lipinski definition) is 1. The summed E-state index contributed by atoms with van der Waals surface area (Å²) in [5.74, 6) is -0.388. The van der Waals surface area contributed by atoms with E-state index in [1.807, 2.05) is 5.38 Å². The summed E-state index contributed by atoms with van der Waals surface area (Å²) in [5.41, 5.74) is 7.55. The summed E-state index contributed by atoms with van der Waals surface area (Å²) in [6, 6.07) is 5.14. The molecule has 0 aliphatic heterocycles. The van der Waals surface area contributed by atoms with Crippen LogP contribution >= 0.6 is 11.3 Å². The van der Waals surface area contributed by atoms with Crippen LogP contribution in [-0.4, -0.2) is 9.55 Å². The lowest BCUT2D eigenvalue weighted by atomic mass is 10.3. The molecule has 0 aliphatic rings. The number of anilines is 1. The third-order valence-electron chi connectivity index (χ3n) is 2.47. The minimum absolute atomic E-state index is 0.388. The lowest BCUT2D eigenvalue weighted by Crippen LogP contribution is -2.14.